The lowest BCUT2D eigenvalue weighted by Gasteiger charge is -2.28. The molecule has 2 nitrogen and oxygen atoms in total. The van der Waals surface area contributed by atoms with Crippen LogP contribution in [0.2, 0.25) is 5.02 Å². The van der Waals surface area contributed by atoms with Gasteiger partial charge < -0.3 is 5.32 Å². The third-order valence-electron chi connectivity index (χ3n) is 3.70. The maximum atomic E-state index is 5.99. The molecule has 1 saturated heterocycles. The number of hydrogen-bond donors (Lipinski definition) is 1. The van der Waals surface area contributed by atoms with Gasteiger partial charge in [-0.1, -0.05) is 17.7 Å². The average Bonchev–Trinajstić information content (AvgIpc) is 2.72. The van der Waals surface area contributed by atoms with Crippen LogP contribution in [-0.4, -0.2) is 18.1 Å². The van der Waals surface area contributed by atoms with Gasteiger partial charge in [-0.25, -0.2) is 0 Å². The van der Waals surface area contributed by atoms with Gasteiger partial charge in [0.15, 0.2) is 0 Å². The summed E-state index contributed by atoms with van der Waals surface area (Å²) < 4.78 is 0. The molecule has 3 rings (SSSR count). The van der Waals surface area contributed by atoms with E-state index in [0.29, 0.717) is 5.92 Å². The summed E-state index contributed by atoms with van der Waals surface area (Å²) in [7, 11) is 0. The van der Waals surface area contributed by atoms with Crippen LogP contribution in [0.25, 0.3) is 5.57 Å². The summed E-state index contributed by atoms with van der Waals surface area (Å²) in [6, 6.07) is 2.03. The molecule has 0 bridgehead atoms. The molecule has 1 aromatic rings. The summed E-state index contributed by atoms with van der Waals surface area (Å²) in [5.41, 5.74) is 2.64. The number of aromatic nitrogens is 1. The predicted octanol–water partition coefficient (Wildman–Crippen LogP) is 2.75. The fourth-order valence-electron chi connectivity index (χ4n) is 2.89. The molecular formula is C13H15ClN2. The van der Waals surface area contributed by atoms with Crippen LogP contribution in [0.4, 0.5) is 0 Å². The van der Waals surface area contributed by atoms with Gasteiger partial charge in [-0.15, -0.1) is 0 Å². The van der Waals surface area contributed by atoms with Gasteiger partial charge in [0.1, 0.15) is 0 Å². The lowest BCUT2D eigenvalue weighted by atomic mass is 9.84. The molecule has 0 aromatic carbocycles. The molecule has 1 aromatic heterocycles. The molecule has 1 N–H and O–H groups in total. The smallest absolute Gasteiger partial charge is 0.0595 e. The van der Waals surface area contributed by atoms with E-state index in [0.717, 1.165) is 24.0 Å². The number of fused-ring (bicyclic) bond motifs is 1. The Bertz CT molecular complexity index is 428. The van der Waals surface area contributed by atoms with Crippen molar-refractivity contribution in [2.24, 2.45) is 11.8 Å². The first-order valence-corrected chi connectivity index (χ1v) is 6.24. The largest absolute Gasteiger partial charge is 0.316 e. The van der Waals surface area contributed by atoms with Gasteiger partial charge in [0.05, 0.1) is 5.02 Å². The summed E-state index contributed by atoms with van der Waals surface area (Å²) in [6.07, 6.45) is 8.49. The number of nitrogens with zero attached hydrogens (tertiary/aromatic N) is 1. The first-order valence-electron chi connectivity index (χ1n) is 5.86. The van der Waals surface area contributed by atoms with Crippen LogP contribution >= 0.6 is 11.6 Å². The third kappa shape index (κ3) is 1.76. The van der Waals surface area contributed by atoms with Crippen molar-refractivity contribution >= 4 is 17.2 Å². The van der Waals surface area contributed by atoms with Crippen molar-refractivity contribution in [1.29, 1.82) is 0 Å². The predicted molar refractivity (Wildman–Crippen MR) is 66.3 cm³/mol. The van der Waals surface area contributed by atoms with Gasteiger partial charge in [-0.3, -0.25) is 4.98 Å². The van der Waals surface area contributed by atoms with E-state index in [1.807, 2.05) is 12.3 Å². The Morgan fingerprint density at radius 1 is 1.38 bits per heavy atom. The maximum Gasteiger partial charge on any atom is 0.0595 e. The molecule has 0 saturated carbocycles. The fourth-order valence-corrected chi connectivity index (χ4v) is 3.06. The first-order chi connectivity index (χ1) is 7.84. The summed E-state index contributed by atoms with van der Waals surface area (Å²) in [4.78, 5) is 4.17. The molecule has 3 heteroatoms. The van der Waals surface area contributed by atoms with Crippen molar-refractivity contribution in [3.63, 3.8) is 0 Å². The molecule has 2 aliphatic rings. The van der Waals surface area contributed by atoms with Crippen LogP contribution in [0.5, 0.6) is 0 Å². The highest BCUT2D eigenvalue weighted by molar-refractivity contribution is 6.30. The van der Waals surface area contributed by atoms with Gasteiger partial charge in [-0.05, 0) is 48.4 Å². The molecule has 16 heavy (non-hydrogen) atoms. The molecule has 0 amide bonds. The Labute approximate surface area is 101 Å². The topological polar surface area (TPSA) is 24.9 Å². The summed E-state index contributed by atoms with van der Waals surface area (Å²) in [5.74, 6) is 1.49. The lowest BCUT2D eigenvalue weighted by Crippen LogP contribution is -2.34. The standard InChI is InChI=1S/C13H15ClN2/c14-11-5-10(6-16-7-11)12-2-1-9-3-4-15-8-13(9)12/h2,5-7,9,13,15H,1,3-4,8H2/t9-,13+/m0/s1. The van der Waals surface area contributed by atoms with Crippen LogP contribution in [0.1, 0.15) is 18.4 Å². The number of nitrogens with one attached hydrogen (secondary N) is 1. The summed E-state index contributed by atoms with van der Waals surface area (Å²) >= 11 is 5.99. The summed E-state index contributed by atoms with van der Waals surface area (Å²) in [5, 5.41) is 4.20. The lowest BCUT2D eigenvalue weighted by molar-refractivity contribution is 0.328. The van der Waals surface area contributed by atoms with Gasteiger partial charge in [0, 0.05) is 18.9 Å². The Balaban J connectivity index is 1.90. The van der Waals surface area contributed by atoms with E-state index in [-0.39, 0.29) is 0 Å². The Morgan fingerprint density at radius 2 is 2.31 bits per heavy atom. The number of rotatable bonds is 1. The van der Waals surface area contributed by atoms with E-state index in [2.05, 4.69) is 16.4 Å². The molecule has 2 heterocycles. The number of pyridine rings is 1. The van der Waals surface area contributed by atoms with Crippen molar-refractivity contribution < 1.29 is 0 Å². The second-order valence-electron chi connectivity index (χ2n) is 4.65. The molecule has 0 unspecified atom stereocenters. The zero-order valence-electron chi connectivity index (χ0n) is 9.12. The second kappa shape index (κ2) is 4.19. The quantitative estimate of drug-likeness (QED) is 0.808. The molecule has 1 fully saturated rings. The number of piperidine rings is 1. The monoisotopic (exact) mass is 234 g/mol. The van der Waals surface area contributed by atoms with Crippen molar-refractivity contribution in [2.75, 3.05) is 13.1 Å². The number of halogens is 1. The highest BCUT2D eigenvalue weighted by Gasteiger charge is 2.32. The van der Waals surface area contributed by atoms with Crippen molar-refractivity contribution in [1.82, 2.24) is 10.3 Å². The number of allylic oxidation sites excluding steroid dienone is 1. The summed E-state index contributed by atoms with van der Waals surface area (Å²) in [6.45, 7) is 2.26. The Hall–Kier alpha value is -0.860. The second-order valence-corrected chi connectivity index (χ2v) is 5.08. The van der Waals surface area contributed by atoms with E-state index in [1.54, 1.807) is 6.20 Å². The molecule has 0 radical (unpaired) electrons. The highest BCUT2D eigenvalue weighted by Crippen LogP contribution is 2.41. The number of hydrogen-bond acceptors (Lipinski definition) is 2. The van der Waals surface area contributed by atoms with Gasteiger partial charge in [0.2, 0.25) is 0 Å². The van der Waals surface area contributed by atoms with Crippen molar-refractivity contribution in [3.8, 4) is 0 Å². The maximum absolute atomic E-state index is 5.99. The van der Waals surface area contributed by atoms with Crippen LogP contribution in [0, 0.1) is 11.8 Å². The van der Waals surface area contributed by atoms with Gasteiger partial charge >= 0.3 is 0 Å². The third-order valence-corrected chi connectivity index (χ3v) is 3.91. The normalized spacial score (nSPS) is 28.7. The van der Waals surface area contributed by atoms with Crippen molar-refractivity contribution in [2.45, 2.75) is 12.8 Å². The minimum absolute atomic E-state index is 0.661. The Morgan fingerprint density at radius 3 is 3.19 bits per heavy atom. The zero-order chi connectivity index (χ0) is 11.0. The molecule has 84 valence electrons. The van der Waals surface area contributed by atoms with E-state index in [9.17, 15) is 0 Å². The van der Waals surface area contributed by atoms with Crippen LogP contribution in [0.15, 0.2) is 24.5 Å². The van der Waals surface area contributed by atoms with Crippen molar-refractivity contribution in [3.05, 3.63) is 35.1 Å². The van der Waals surface area contributed by atoms with Gasteiger partial charge in [-0.2, -0.15) is 0 Å². The Kier molecular flexibility index (Phi) is 2.70. The van der Waals surface area contributed by atoms with Crippen LogP contribution in [-0.2, 0) is 0 Å². The average molecular weight is 235 g/mol. The first kappa shape index (κ1) is 10.3. The molecule has 2 atom stereocenters. The van der Waals surface area contributed by atoms with Crippen LogP contribution < -0.4 is 5.32 Å². The SMILES string of the molecule is Clc1cncc(C2=CC[C@H]3CCNC[C@@H]23)c1. The molecular weight excluding hydrogens is 220 g/mol. The highest BCUT2D eigenvalue weighted by atomic mass is 35.5. The van der Waals surface area contributed by atoms with E-state index >= 15 is 0 Å². The molecule has 0 spiro atoms. The molecule has 1 aliphatic heterocycles. The van der Waals surface area contributed by atoms with E-state index < -0.39 is 0 Å². The fraction of sp³-hybridized carbons (Fsp3) is 0.462. The van der Waals surface area contributed by atoms with Gasteiger partial charge in [0.25, 0.3) is 0 Å². The molecule has 1 aliphatic carbocycles. The zero-order valence-corrected chi connectivity index (χ0v) is 9.87. The van der Waals surface area contributed by atoms with E-state index in [1.165, 1.54) is 24.0 Å². The van der Waals surface area contributed by atoms with E-state index in [4.69, 9.17) is 11.6 Å². The minimum atomic E-state index is 0.661. The van der Waals surface area contributed by atoms with Crippen LogP contribution in [0.3, 0.4) is 0 Å². The minimum Gasteiger partial charge on any atom is -0.316 e.